The third-order valence-electron chi connectivity index (χ3n) is 10.4. The molecule has 0 spiro atoms. The van der Waals surface area contributed by atoms with Crippen molar-refractivity contribution in [3.05, 3.63) is 36.5 Å². The molecule has 11 rings (SSSR count). The molecule has 2 heteroatoms. The van der Waals surface area contributed by atoms with E-state index in [2.05, 4.69) is 36.5 Å². The molecule has 136 valence electrons. The molecule has 0 aromatic carbocycles. The molecule has 14 atom stereocenters. The summed E-state index contributed by atoms with van der Waals surface area (Å²) >= 11 is 0. The van der Waals surface area contributed by atoms with Crippen molar-refractivity contribution in [2.45, 2.75) is 0 Å². The summed E-state index contributed by atoms with van der Waals surface area (Å²) in [5.74, 6) is 11.6. The average molecular weight is 348 g/mol. The van der Waals surface area contributed by atoms with Crippen LogP contribution in [0.3, 0.4) is 0 Å². The SMILES string of the molecule is C1=CC2[C@@H]3[C@@H]4C=C[C@@H]([C@H]5COC[C@@H]45)[C@@H]3C1[C@@H]1[C@@H]3C=C[C@@H]([C@H]4COC[C@@H]34)[C@H]21. The lowest BCUT2D eigenvalue weighted by Gasteiger charge is -2.68. The molecule has 5 fully saturated rings. The summed E-state index contributed by atoms with van der Waals surface area (Å²) in [7, 11) is 0. The first-order chi connectivity index (χ1) is 12.9. The molecule has 0 N–H and O–H groups in total. The van der Waals surface area contributed by atoms with E-state index in [1.54, 1.807) is 0 Å². The van der Waals surface area contributed by atoms with Gasteiger partial charge in [-0.2, -0.15) is 0 Å². The van der Waals surface area contributed by atoms with Gasteiger partial charge in [-0.1, -0.05) is 36.5 Å². The third-order valence-corrected chi connectivity index (χ3v) is 10.4. The fourth-order valence-electron chi connectivity index (χ4n) is 9.86. The maximum atomic E-state index is 6.01. The van der Waals surface area contributed by atoms with Gasteiger partial charge in [0.1, 0.15) is 0 Å². The first-order valence-corrected chi connectivity index (χ1v) is 11.1. The van der Waals surface area contributed by atoms with Crippen LogP contribution in [0, 0.1) is 82.9 Å². The van der Waals surface area contributed by atoms with Gasteiger partial charge in [-0.3, -0.25) is 0 Å². The largest absolute Gasteiger partial charge is 0.381 e. The minimum Gasteiger partial charge on any atom is -0.381 e. The first-order valence-electron chi connectivity index (χ1n) is 11.1. The van der Waals surface area contributed by atoms with E-state index in [1.165, 1.54) is 0 Å². The molecule has 0 radical (unpaired) electrons. The molecule has 11 aliphatic rings. The Morgan fingerprint density at radius 2 is 0.654 bits per heavy atom. The molecular formula is C24H28O2. The van der Waals surface area contributed by atoms with E-state index in [-0.39, 0.29) is 0 Å². The van der Waals surface area contributed by atoms with Crippen LogP contribution in [-0.4, -0.2) is 26.4 Å². The molecule has 0 aromatic rings. The topological polar surface area (TPSA) is 18.5 Å². The summed E-state index contributed by atoms with van der Waals surface area (Å²) in [6.07, 6.45) is 15.9. The van der Waals surface area contributed by atoms with E-state index < -0.39 is 0 Å². The van der Waals surface area contributed by atoms with Crippen LogP contribution >= 0.6 is 0 Å². The van der Waals surface area contributed by atoms with E-state index in [4.69, 9.17) is 9.47 Å². The lowest BCUT2D eigenvalue weighted by Crippen LogP contribution is -2.65. The maximum absolute atomic E-state index is 6.01. The highest BCUT2D eigenvalue weighted by Gasteiger charge is 2.68. The molecule has 3 saturated carbocycles. The quantitative estimate of drug-likeness (QED) is 0.625. The van der Waals surface area contributed by atoms with Crippen molar-refractivity contribution in [2.24, 2.45) is 82.9 Å². The van der Waals surface area contributed by atoms with Gasteiger partial charge >= 0.3 is 0 Å². The Hall–Kier alpha value is -0.860. The van der Waals surface area contributed by atoms with E-state index >= 15 is 0 Å². The molecule has 0 aromatic heterocycles. The monoisotopic (exact) mass is 348 g/mol. The molecule has 6 bridgehead atoms. The number of ether oxygens (including phenoxy) is 2. The predicted octanol–water partition coefficient (Wildman–Crippen LogP) is 3.42. The predicted molar refractivity (Wildman–Crippen MR) is 97.9 cm³/mol. The fraction of sp³-hybridized carbons (Fsp3) is 0.750. The van der Waals surface area contributed by atoms with Gasteiger partial charge in [0.25, 0.3) is 0 Å². The van der Waals surface area contributed by atoms with Gasteiger partial charge < -0.3 is 9.47 Å². The molecule has 2 nitrogen and oxygen atoms in total. The van der Waals surface area contributed by atoms with Gasteiger partial charge in [0.05, 0.1) is 26.4 Å². The van der Waals surface area contributed by atoms with Gasteiger partial charge in [0, 0.05) is 0 Å². The zero-order chi connectivity index (χ0) is 16.6. The minimum atomic E-state index is 0.788. The third kappa shape index (κ3) is 1.40. The normalized spacial score (nSPS) is 67.4. The van der Waals surface area contributed by atoms with E-state index in [9.17, 15) is 0 Å². The molecule has 9 aliphatic carbocycles. The van der Waals surface area contributed by atoms with Gasteiger partial charge in [-0.15, -0.1) is 0 Å². The molecule has 2 heterocycles. The van der Waals surface area contributed by atoms with Crippen molar-refractivity contribution < 1.29 is 9.47 Å². The average Bonchev–Trinajstić information content (AvgIpc) is 3.40. The zero-order valence-corrected chi connectivity index (χ0v) is 15.2. The second kappa shape index (κ2) is 4.58. The smallest absolute Gasteiger partial charge is 0.0503 e. The van der Waals surface area contributed by atoms with Crippen LogP contribution in [0.25, 0.3) is 0 Å². The van der Waals surface area contributed by atoms with Crippen molar-refractivity contribution in [1.29, 1.82) is 0 Å². The van der Waals surface area contributed by atoms with Crippen molar-refractivity contribution in [1.82, 2.24) is 0 Å². The highest BCUT2D eigenvalue weighted by molar-refractivity contribution is 5.31. The lowest BCUT2D eigenvalue weighted by molar-refractivity contribution is -0.150. The van der Waals surface area contributed by atoms with Crippen LogP contribution in [0.5, 0.6) is 0 Å². The van der Waals surface area contributed by atoms with E-state index in [1.807, 2.05) is 0 Å². The molecule has 26 heavy (non-hydrogen) atoms. The number of hydrogen-bond acceptors (Lipinski definition) is 2. The van der Waals surface area contributed by atoms with Crippen LogP contribution in [0.4, 0.5) is 0 Å². The van der Waals surface area contributed by atoms with Gasteiger partial charge in [0.15, 0.2) is 0 Å². The first kappa shape index (κ1) is 14.2. The van der Waals surface area contributed by atoms with Gasteiger partial charge in [0.2, 0.25) is 0 Å². The standard InChI is InChI=1S/C24H28O2/c1-2-12-18-8-25-7-17(18)11(1)21-15-5-6-16(22(12)21)24-14-4-3-13(23(15)24)19-9-26-10-20(14)19/h1-6,11-24H,7-10H2/t11-,12+,13+,14-,15?,16?,17+,18-,19-,20+,21+,22-,23-,24+. The van der Waals surface area contributed by atoms with Crippen molar-refractivity contribution in [3.8, 4) is 0 Å². The van der Waals surface area contributed by atoms with E-state index in [0.717, 1.165) is 109 Å². The van der Waals surface area contributed by atoms with E-state index in [0.29, 0.717) is 0 Å². The van der Waals surface area contributed by atoms with Crippen LogP contribution in [0.15, 0.2) is 36.5 Å². The number of rotatable bonds is 0. The second-order valence-corrected chi connectivity index (χ2v) is 10.7. The van der Waals surface area contributed by atoms with Gasteiger partial charge in [-0.05, 0) is 82.9 Å². The molecule has 2 saturated heterocycles. The van der Waals surface area contributed by atoms with Gasteiger partial charge in [-0.25, -0.2) is 0 Å². The van der Waals surface area contributed by atoms with Crippen LogP contribution in [-0.2, 0) is 9.47 Å². The Balaban J connectivity index is 1.28. The van der Waals surface area contributed by atoms with Crippen molar-refractivity contribution >= 4 is 0 Å². The van der Waals surface area contributed by atoms with Crippen molar-refractivity contribution in [3.63, 3.8) is 0 Å². The summed E-state index contributed by atoms with van der Waals surface area (Å²) in [6.45, 7) is 4.11. The Morgan fingerprint density at radius 3 is 0.962 bits per heavy atom. The number of allylic oxidation sites excluding steroid dienone is 6. The Bertz CT molecular complexity index is 637. The Morgan fingerprint density at radius 1 is 0.385 bits per heavy atom. The number of hydrogen-bond donors (Lipinski definition) is 0. The molecular weight excluding hydrogens is 320 g/mol. The summed E-state index contributed by atoms with van der Waals surface area (Å²) < 4.78 is 12.0. The Kier molecular flexibility index (Phi) is 2.50. The Labute approximate surface area is 155 Å². The fourth-order valence-corrected chi connectivity index (χ4v) is 9.86. The highest BCUT2D eigenvalue weighted by Crippen LogP contribution is 2.71. The minimum absolute atomic E-state index is 0.788. The summed E-state index contributed by atoms with van der Waals surface area (Å²) in [5, 5.41) is 0. The summed E-state index contributed by atoms with van der Waals surface area (Å²) in [5.41, 5.74) is 0. The van der Waals surface area contributed by atoms with Crippen LogP contribution < -0.4 is 0 Å². The highest BCUT2D eigenvalue weighted by atomic mass is 16.5. The molecule has 0 amide bonds. The maximum Gasteiger partial charge on any atom is 0.0503 e. The summed E-state index contributed by atoms with van der Waals surface area (Å²) in [6, 6.07) is 0. The molecule has 2 unspecified atom stereocenters. The zero-order valence-electron chi connectivity index (χ0n) is 15.2. The second-order valence-electron chi connectivity index (χ2n) is 10.7. The van der Waals surface area contributed by atoms with Crippen molar-refractivity contribution in [2.75, 3.05) is 26.4 Å². The van der Waals surface area contributed by atoms with Crippen LogP contribution in [0.1, 0.15) is 0 Å². The lowest BCUT2D eigenvalue weighted by atomic mass is 9.35. The molecule has 2 aliphatic heterocycles. The van der Waals surface area contributed by atoms with Crippen LogP contribution in [0.2, 0.25) is 0 Å². The summed E-state index contributed by atoms with van der Waals surface area (Å²) in [4.78, 5) is 0.